The second-order valence-corrected chi connectivity index (χ2v) is 4.24. The third-order valence-electron chi connectivity index (χ3n) is 2.70. The van der Waals surface area contributed by atoms with Crippen LogP contribution in [0, 0.1) is 0 Å². The van der Waals surface area contributed by atoms with E-state index in [4.69, 9.17) is 5.11 Å². The number of hydrogen-bond acceptors (Lipinski definition) is 2. The van der Waals surface area contributed by atoms with Crippen molar-refractivity contribution in [3.8, 4) is 0 Å². The molecule has 0 saturated heterocycles. The van der Waals surface area contributed by atoms with E-state index < -0.39 is 5.97 Å². The summed E-state index contributed by atoms with van der Waals surface area (Å²) in [5.41, 5.74) is 0. The van der Waals surface area contributed by atoms with Gasteiger partial charge in [-0.2, -0.15) is 0 Å². The molecule has 5 heteroatoms. The SMILES string of the molecule is O=C(O)CCCCCNC(=O)NC1CC=CC1. The van der Waals surface area contributed by atoms with Crippen molar-refractivity contribution in [2.45, 2.75) is 44.6 Å². The van der Waals surface area contributed by atoms with Gasteiger partial charge >= 0.3 is 12.0 Å². The molecule has 0 unspecified atom stereocenters. The smallest absolute Gasteiger partial charge is 0.315 e. The van der Waals surface area contributed by atoms with Gasteiger partial charge in [-0.3, -0.25) is 4.79 Å². The Morgan fingerprint density at radius 2 is 1.88 bits per heavy atom. The number of urea groups is 1. The molecule has 2 amide bonds. The molecular formula is C12H20N2O3. The number of amides is 2. The van der Waals surface area contributed by atoms with Crippen molar-refractivity contribution in [3.63, 3.8) is 0 Å². The second-order valence-electron chi connectivity index (χ2n) is 4.24. The maximum atomic E-state index is 11.4. The summed E-state index contributed by atoms with van der Waals surface area (Å²) in [6, 6.07) is 0.110. The predicted molar refractivity (Wildman–Crippen MR) is 64.8 cm³/mol. The molecule has 1 rings (SSSR count). The summed E-state index contributed by atoms with van der Waals surface area (Å²) in [7, 11) is 0. The van der Waals surface area contributed by atoms with Gasteiger partial charge < -0.3 is 15.7 Å². The molecule has 0 atom stereocenters. The summed E-state index contributed by atoms with van der Waals surface area (Å²) in [6.45, 7) is 0.603. The van der Waals surface area contributed by atoms with Gasteiger partial charge in [-0.1, -0.05) is 18.6 Å². The topological polar surface area (TPSA) is 78.4 Å². The summed E-state index contributed by atoms with van der Waals surface area (Å²) in [4.78, 5) is 21.6. The van der Waals surface area contributed by atoms with E-state index in [9.17, 15) is 9.59 Å². The Morgan fingerprint density at radius 3 is 2.53 bits per heavy atom. The Labute approximate surface area is 101 Å². The van der Waals surface area contributed by atoms with Gasteiger partial charge in [0.25, 0.3) is 0 Å². The van der Waals surface area contributed by atoms with E-state index in [0.29, 0.717) is 13.0 Å². The van der Waals surface area contributed by atoms with Gasteiger partial charge in [-0.25, -0.2) is 4.79 Å². The van der Waals surface area contributed by atoms with Crippen LogP contribution in [0.2, 0.25) is 0 Å². The molecule has 5 nitrogen and oxygen atoms in total. The zero-order valence-electron chi connectivity index (χ0n) is 9.95. The number of carboxylic acid groups (broad SMARTS) is 1. The lowest BCUT2D eigenvalue weighted by atomic mass is 10.2. The van der Waals surface area contributed by atoms with Crippen LogP contribution >= 0.6 is 0 Å². The van der Waals surface area contributed by atoms with Crippen LogP contribution in [-0.4, -0.2) is 29.7 Å². The zero-order chi connectivity index (χ0) is 12.5. The van der Waals surface area contributed by atoms with Crippen molar-refractivity contribution < 1.29 is 14.7 Å². The van der Waals surface area contributed by atoms with Crippen LogP contribution in [0.3, 0.4) is 0 Å². The molecule has 0 heterocycles. The average molecular weight is 240 g/mol. The zero-order valence-corrected chi connectivity index (χ0v) is 9.95. The van der Waals surface area contributed by atoms with Crippen LogP contribution in [-0.2, 0) is 4.79 Å². The first-order chi connectivity index (χ1) is 8.18. The lowest BCUT2D eigenvalue weighted by molar-refractivity contribution is -0.137. The minimum absolute atomic E-state index is 0.128. The highest BCUT2D eigenvalue weighted by atomic mass is 16.4. The number of carbonyl (C=O) groups excluding carboxylic acids is 1. The predicted octanol–water partition coefficient (Wildman–Crippen LogP) is 1.65. The standard InChI is InChI=1S/C12H20N2O3/c15-11(16)8-2-1-5-9-13-12(17)14-10-6-3-4-7-10/h3-4,10H,1-2,5-9H2,(H,15,16)(H2,13,14,17). The monoisotopic (exact) mass is 240 g/mol. The van der Waals surface area contributed by atoms with Gasteiger partial charge in [0.1, 0.15) is 0 Å². The van der Waals surface area contributed by atoms with Gasteiger partial charge in [0.2, 0.25) is 0 Å². The van der Waals surface area contributed by atoms with Gasteiger partial charge in [0, 0.05) is 19.0 Å². The molecule has 1 aliphatic carbocycles. The largest absolute Gasteiger partial charge is 0.481 e. The number of aliphatic carboxylic acids is 1. The van der Waals surface area contributed by atoms with Crippen molar-refractivity contribution in [2.75, 3.05) is 6.54 Å². The van der Waals surface area contributed by atoms with E-state index in [2.05, 4.69) is 22.8 Å². The van der Waals surface area contributed by atoms with Gasteiger partial charge in [-0.05, 0) is 25.7 Å². The third-order valence-corrected chi connectivity index (χ3v) is 2.70. The summed E-state index contributed by atoms with van der Waals surface area (Å²) in [5.74, 6) is -0.760. The summed E-state index contributed by atoms with van der Waals surface area (Å²) in [5, 5.41) is 14.1. The van der Waals surface area contributed by atoms with Crippen LogP contribution in [0.25, 0.3) is 0 Å². The van der Waals surface area contributed by atoms with Crippen LogP contribution < -0.4 is 10.6 Å². The van der Waals surface area contributed by atoms with Crippen molar-refractivity contribution in [3.05, 3.63) is 12.2 Å². The molecule has 17 heavy (non-hydrogen) atoms. The number of carbonyl (C=O) groups is 2. The Kier molecular flexibility index (Phi) is 6.14. The Balaban J connectivity index is 1.91. The number of hydrogen-bond donors (Lipinski definition) is 3. The van der Waals surface area contributed by atoms with Crippen LogP contribution in [0.4, 0.5) is 4.79 Å². The third kappa shape index (κ3) is 6.60. The van der Waals surface area contributed by atoms with Gasteiger partial charge in [0.05, 0.1) is 0 Å². The highest BCUT2D eigenvalue weighted by molar-refractivity contribution is 5.74. The molecule has 0 fully saturated rings. The fourth-order valence-electron chi connectivity index (χ4n) is 1.75. The van der Waals surface area contributed by atoms with E-state index >= 15 is 0 Å². The molecule has 3 N–H and O–H groups in total. The molecule has 1 aliphatic rings. The van der Waals surface area contributed by atoms with Crippen LogP contribution in [0.15, 0.2) is 12.2 Å². The van der Waals surface area contributed by atoms with E-state index in [1.54, 1.807) is 0 Å². The molecule has 0 aromatic heterocycles. The normalized spacial score (nSPS) is 14.8. The van der Waals surface area contributed by atoms with Crippen molar-refractivity contribution in [2.24, 2.45) is 0 Å². The molecule has 0 saturated carbocycles. The maximum absolute atomic E-state index is 11.4. The molecule has 0 aromatic rings. The molecule has 0 aliphatic heterocycles. The van der Waals surface area contributed by atoms with Gasteiger partial charge in [0.15, 0.2) is 0 Å². The molecule has 0 radical (unpaired) electrons. The first kappa shape index (κ1) is 13.5. The lowest BCUT2D eigenvalue weighted by Crippen LogP contribution is -2.41. The van der Waals surface area contributed by atoms with Gasteiger partial charge in [-0.15, -0.1) is 0 Å². The number of rotatable bonds is 7. The minimum atomic E-state index is -0.760. The number of carboxylic acids is 1. The second kappa shape index (κ2) is 7.70. The van der Waals surface area contributed by atoms with Crippen LogP contribution in [0.1, 0.15) is 38.5 Å². The average Bonchev–Trinajstić information content (AvgIpc) is 2.75. The first-order valence-electron chi connectivity index (χ1n) is 6.09. The fraction of sp³-hybridized carbons (Fsp3) is 0.667. The molecule has 96 valence electrons. The van der Waals surface area contributed by atoms with E-state index in [1.807, 2.05) is 0 Å². The Morgan fingerprint density at radius 1 is 1.18 bits per heavy atom. The number of unbranched alkanes of at least 4 members (excludes halogenated alkanes) is 2. The minimum Gasteiger partial charge on any atom is -0.481 e. The summed E-state index contributed by atoms with van der Waals surface area (Å²) < 4.78 is 0. The molecule has 0 bridgehead atoms. The van der Waals surface area contributed by atoms with E-state index in [0.717, 1.165) is 25.7 Å². The maximum Gasteiger partial charge on any atom is 0.315 e. The van der Waals surface area contributed by atoms with E-state index in [1.165, 1.54) is 0 Å². The lowest BCUT2D eigenvalue weighted by Gasteiger charge is -2.12. The van der Waals surface area contributed by atoms with Crippen molar-refractivity contribution in [1.82, 2.24) is 10.6 Å². The first-order valence-corrected chi connectivity index (χ1v) is 6.09. The van der Waals surface area contributed by atoms with E-state index in [-0.39, 0.29) is 18.5 Å². The quantitative estimate of drug-likeness (QED) is 0.467. The molecule has 0 aromatic carbocycles. The number of nitrogens with one attached hydrogen (secondary N) is 2. The van der Waals surface area contributed by atoms with Crippen molar-refractivity contribution >= 4 is 12.0 Å². The molecular weight excluding hydrogens is 220 g/mol. The highest BCUT2D eigenvalue weighted by Gasteiger charge is 2.12. The van der Waals surface area contributed by atoms with Crippen molar-refractivity contribution in [1.29, 1.82) is 0 Å². The summed E-state index contributed by atoms with van der Waals surface area (Å²) >= 11 is 0. The molecule has 0 spiro atoms. The van der Waals surface area contributed by atoms with Crippen LogP contribution in [0.5, 0.6) is 0 Å². The highest BCUT2D eigenvalue weighted by Crippen LogP contribution is 2.08. The Bertz CT molecular complexity index is 281. The fourth-order valence-corrected chi connectivity index (χ4v) is 1.75. The Hall–Kier alpha value is -1.52. The summed E-state index contributed by atoms with van der Waals surface area (Å²) in [6.07, 6.45) is 8.48.